The zero-order chi connectivity index (χ0) is 28.3. The number of fused-ring (bicyclic) bond motifs is 1. The van der Waals surface area contributed by atoms with Gasteiger partial charge in [0, 0.05) is 13.7 Å². The first-order valence-corrected chi connectivity index (χ1v) is 14.1. The van der Waals surface area contributed by atoms with Gasteiger partial charge in [-0.05, 0) is 52.9 Å². The topological polar surface area (TPSA) is 66.5 Å². The van der Waals surface area contributed by atoms with E-state index >= 15 is 0 Å². The molecule has 41 heavy (non-hydrogen) atoms. The van der Waals surface area contributed by atoms with Crippen molar-refractivity contribution in [1.82, 2.24) is 4.90 Å². The minimum Gasteiger partial charge on any atom is -0.487 e. The highest BCUT2D eigenvalue weighted by molar-refractivity contribution is 5.82. The number of carbonyl (C=O) groups is 1. The summed E-state index contributed by atoms with van der Waals surface area (Å²) in [6.45, 7) is 2.75. The summed E-state index contributed by atoms with van der Waals surface area (Å²) < 4.78 is 29.3. The van der Waals surface area contributed by atoms with Gasteiger partial charge in [0.25, 0.3) is 0 Å². The number of hydrogen-bond donors (Lipinski definition) is 0. The molecule has 1 amide bonds. The number of methoxy groups -OCH3 is 1. The van der Waals surface area contributed by atoms with Crippen LogP contribution in [0.25, 0.3) is 10.8 Å². The maximum absolute atomic E-state index is 13.1. The number of amides is 1. The molecule has 1 aliphatic heterocycles. The first kappa shape index (κ1) is 28.6. The lowest BCUT2D eigenvalue weighted by Gasteiger charge is -2.32. The lowest BCUT2D eigenvalue weighted by Crippen LogP contribution is -2.44. The monoisotopic (exact) mass is 555 g/mol. The molecule has 7 nitrogen and oxygen atoms in total. The molecule has 2 unspecified atom stereocenters. The van der Waals surface area contributed by atoms with Crippen LogP contribution in [0, 0.1) is 0 Å². The van der Waals surface area contributed by atoms with E-state index < -0.39 is 6.09 Å². The van der Waals surface area contributed by atoms with Gasteiger partial charge in [-0.1, -0.05) is 78.9 Å². The second-order valence-corrected chi connectivity index (χ2v) is 10.2. The summed E-state index contributed by atoms with van der Waals surface area (Å²) in [6.07, 6.45) is 1.03. The Hall–Kier alpha value is -3.91. The van der Waals surface area contributed by atoms with Crippen LogP contribution in [-0.2, 0) is 27.4 Å². The van der Waals surface area contributed by atoms with Crippen LogP contribution in [0.1, 0.15) is 24.0 Å². The molecular formula is C34H37NO6. The fourth-order valence-electron chi connectivity index (χ4n) is 4.84. The van der Waals surface area contributed by atoms with E-state index in [2.05, 4.69) is 30.3 Å². The number of benzene rings is 4. The Labute approximate surface area is 241 Å². The van der Waals surface area contributed by atoms with Crippen LogP contribution in [0.3, 0.4) is 0 Å². The van der Waals surface area contributed by atoms with Crippen molar-refractivity contribution in [1.29, 1.82) is 0 Å². The quantitative estimate of drug-likeness (QED) is 0.196. The van der Waals surface area contributed by atoms with E-state index in [-0.39, 0.29) is 18.8 Å². The van der Waals surface area contributed by atoms with Gasteiger partial charge in [-0.3, -0.25) is 0 Å². The van der Waals surface area contributed by atoms with E-state index in [9.17, 15) is 4.79 Å². The third-order valence-corrected chi connectivity index (χ3v) is 7.16. The average molecular weight is 556 g/mol. The minimum atomic E-state index is -0.408. The normalized spacial score (nSPS) is 15.9. The Balaban J connectivity index is 1.10. The molecule has 0 bridgehead atoms. The van der Waals surface area contributed by atoms with Crippen LogP contribution in [0.2, 0.25) is 0 Å². The molecule has 4 aromatic carbocycles. The molecule has 4 aromatic rings. The van der Waals surface area contributed by atoms with Gasteiger partial charge in [0.2, 0.25) is 0 Å². The summed E-state index contributed by atoms with van der Waals surface area (Å²) in [5.41, 5.74) is 2.22. The second kappa shape index (κ2) is 14.6. The standard InChI is InChI=1S/C34H37NO6/c1-37-31(24-38-22-26-10-3-2-4-11-26)25-40-32-15-7-8-16-33(32)41-34(36)35-19-9-14-30(21-35)39-23-27-17-18-28-12-5-6-13-29(28)20-27/h2-8,10-13,15-18,20,30-31H,9,14,19,21-25H2,1H3. The van der Waals surface area contributed by atoms with Crippen LogP contribution < -0.4 is 9.47 Å². The van der Waals surface area contributed by atoms with Crippen molar-refractivity contribution in [2.45, 2.75) is 38.3 Å². The Kier molecular flexibility index (Phi) is 10.2. The van der Waals surface area contributed by atoms with E-state index in [0.29, 0.717) is 44.4 Å². The third-order valence-electron chi connectivity index (χ3n) is 7.16. The predicted octanol–water partition coefficient (Wildman–Crippen LogP) is 6.63. The van der Waals surface area contributed by atoms with Crippen molar-refractivity contribution in [2.75, 3.05) is 33.4 Å². The van der Waals surface area contributed by atoms with Crippen molar-refractivity contribution < 1.29 is 28.5 Å². The minimum absolute atomic E-state index is 0.0485. The van der Waals surface area contributed by atoms with E-state index in [1.807, 2.05) is 54.6 Å². The molecule has 0 N–H and O–H groups in total. The molecule has 0 aromatic heterocycles. The van der Waals surface area contributed by atoms with Crippen LogP contribution in [0.5, 0.6) is 11.5 Å². The van der Waals surface area contributed by atoms with E-state index in [1.54, 1.807) is 24.1 Å². The molecule has 5 rings (SSSR count). The maximum atomic E-state index is 13.1. The van der Waals surface area contributed by atoms with Gasteiger partial charge in [0.05, 0.1) is 32.5 Å². The number of ether oxygens (including phenoxy) is 5. The Morgan fingerprint density at radius 1 is 0.829 bits per heavy atom. The number of likely N-dealkylation sites (tertiary alicyclic amines) is 1. The summed E-state index contributed by atoms with van der Waals surface area (Å²) in [4.78, 5) is 14.8. The Morgan fingerprint density at radius 3 is 2.41 bits per heavy atom. The molecule has 214 valence electrons. The zero-order valence-electron chi connectivity index (χ0n) is 23.4. The first-order valence-electron chi connectivity index (χ1n) is 14.1. The van der Waals surface area contributed by atoms with Crippen LogP contribution in [0.15, 0.2) is 97.1 Å². The fourth-order valence-corrected chi connectivity index (χ4v) is 4.84. The van der Waals surface area contributed by atoms with Gasteiger partial charge >= 0.3 is 6.09 Å². The Bertz CT molecular complexity index is 1390. The van der Waals surface area contributed by atoms with Crippen LogP contribution in [0.4, 0.5) is 4.79 Å². The summed E-state index contributed by atoms with van der Waals surface area (Å²) in [5, 5.41) is 2.40. The number of piperidine rings is 1. The molecule has 1 fully saturated rings. The lowest BCUT2D eigenvalue weighted by molar-refractivity contribution is -0.0202. The SMILES string of the molecule is COC(COCc1ccccc1)COc1ccccc1OC(=O)N1CCCC(OCc2ccc3ccccc3c2)C1. The second-order valence-electron chi connectivity index (χ2n) is 10.2. The molecule has 0 saturated carbocycles. The number of rotatable bonds is 12. The van der Waals surface area contributed by atoms with Gasteiger partial charge in [-0.15, -0.1) is 0 Å². The molecule has 0 spiro atoms. The molecule has 1 aliphatic rings. The van der Waals surface area contributed by atoms with Gasteiger partial charge < -0.3 is 28.6 Å². The zero-order valence-corrected chi connectivity index (χ0v) is 23.4. The average Bonchev–Trinajstić information content (AvgIpc) is 3.03. The largest absolute Gasteiger partial charge is 0.487 e. The molecule has 0 radical (unpaired) electrons. The summed E-state index contributed by atoms with van der Waals surface area (Å²) in [6, 6.07) is 31.8. The van der Waals surface area contributed by atoms with Gasteiger partial charge in [-0.25, -0.2) is 4.79 Å². The van der Waals surface area contributed by atoms with Crippen molar-refractivity contribution >= 4 is 16.9 Å². The van der Waals surface area contributed by atoms with Gasteiger partial charge in [0.1, 0.15) is 12.7 Å². The summed E-state index contributed by atoms with van der Waals surface area (Å²) >= 11 is 0. The fraction of sp³-hybridized carbons (Fsp3) is 0.324. The Morgan fingerprint density at radius 2 is 1.59 bits per heavy atom. The summed E-state index contributed by atoms with van der Waals surface area (Å²) in [7, 11) is 1.63. The number of nitrogens with zero attached hydrogens (tertiary/aromatic N) is 1. The van der Waals surface area contributed by atoms with E-state index in [0.717, 1.165) is 24.0 Å². The van der Waals surface area contributed by atoms with Gasteiger partial charge in [0.15, 0.2) is 11.5 Å². The lowest BCUT2D eigenvalue weighted by atomic mass is 10.1. The molecule has 1 saturated heterocycles. The third kappa shape index (κ3) is 8.30. The van der Waals surface area contributed by atoms with E-state index in [4.69, 9.17) is 23.7 Å². The number of para-hydroxylation sites is 2. The summed E-state index contributed by atoms with van der Waals surface area (Å²) in [5.74, 6) is 0.851. The van der Waals surface area contributed by atoms with Crippen molar-refractivity contribution in [3.05, 3.63) is 108 Å². The molecule has 7 heteroatoms. The first-order chi connectivity index (χ1) is 20.2. The smallest absolute Gasteiger partial charge is 0.415 e. The maximum Gasteiger partial charge on any atom is 0.415 e. The number of hydrogen-bond acceptors (Lipinski definition) is 6. The van der Waals surface area contributed by atoms with Crippen LogP contribution >= 0.6 is 0 Å². The molecular weight excluding hydrogens is 518 g/mol. The molecule has 2 atom stereocenters. The van der Waals surface area contributed by atoms with Crippen molar-refractivity contribution in [3.63, 3.8) is 0 Å². The molecule has 0 aliphatic carbocycles. The van der Waals surface area contributed by atoms with E-state index in [1.165, 1.54) is 10.8 Å². The molecule has 1 heterocycles. The number of carbonyl (C=O) groups excluding carboxylic acids is 1. The highest BCUT2D eigenvalue weighted by Gasteiger charge is 2.26. The van der Waals surface area contributed by atoms with Crippen LogP contribution in [-0.4, -0.2) is 56.6 Å². The highest BCUT2D eigenvalue weighted by atomic mass is 16.6. The predicted molar refractivity (Wildman–Crippen MR) is 158 cm³/mol. The van der Waals surface area contributed by atoms with Gasteiger partial charge in [-0.2, -0.15) is 0 Å². The van der Waals surface area contributed by atoms with Crippen molar-refractivity contribution in [2.24, 2.45) is 0 Å². The van der Waals surface area contributed by atoms with Crippen molar-refractivity contribution in [3.8, 4) is 11.5 Å². The highest BCUT2D eigenvalue weighted by Crippen LogP contribution is 2.28.